The first kappa shape index (κ1) is 16.1. The molecule has 0 bridgehead atoms. The van der Waals surface area contributed by atoms with E-state index >= 15 is 0 Å². The Morgan fingerprint density at radius 2 is 2.05 bits per heavy atom. The van der Waals surface area contributed by atoms with Crippen molar-refractivity contribution in [3.8, 4) is 11.5 Å². The van der Waals surface area contributed by atoms with Crippen molar-refractivity contribution in [1.82, 2.24) is 9.80 Å². The van der Waals surface area contributed by atoms with E-state index in [4.69, 9.17) is 15.2 Å². The van der Waals surface area contributed by atoms with Gasteiger partial charge in [-0.25, -0.2) is 0 Å². The Morgan fingerprint density at radius 3 is 2.67 bits per heavy atom. The molecule has 0 spiro atoms. The van der Waals surface area contributed by atoms with E-state index in [0.717, 1.165) is 43.2 Å². The van der Waals surface area contributed by atoms with Gasteiger partial charge in [-0.15, -0.1) is 0 Å². The normalized spacial score (nSPS) is 22.0. The molecule has 2 rings (SSSR count). The second-order valence-electron chi connectivity index (χ2n) is 5.82. The van der Waals surface area contributed by atoms with Crippen LogP contribution in [0.15, 0.2) is 18.2 Å². The van der Waals surface area contributed by atoms with E-state index in [0.29, 0.717) is 6.04 Å². The topological polar surface area (TPSA) is 51.0 Å². The fraction of sp³-hybridized carbons (Fsp3) is 0.625. The maximum absolute atomic E-state index is 6.43. The van der Waals surface area contributed by atoms with Crippen LogP contribution in [0.5, 0.6) is 11.5 Å². The molecule has 2 atom stereocenters. The average Bonchev–Trinajstić information content (AvgIpc) is 2.49. The summed E-state index contributed by atoms with van der Waals surface area (Å²) in [5.41, 5.74) is 7.43. The molecule has 21 heavy (non-hydrogen) atoms. The van der Waals surface area contributed by atoms with Gasteiger partial charge in [-0.2, -0.15) is 0 Å². The Bertz CT molecular complexity index is 467. The standard InChI is InChI=1S/C16H27N3O2/c1-12-10-18(2)7-8-19(12)11-15(17)14-9-13(20-3)5-6-16(14)21-4/h5-6,9,12,15H,7-8,10-11,17H2,1-4H3. The lowest BCUT2D eigenvalue weighted by atomic mass is 10.0. The first-order chi connectivity index (χ1) is 10.0. The van der Waals surface area contributed by atoms with Crippen LogP contribution < -0.4 is 15.2 Å². The third-order valence-corrected chi connectivity index (χ3v) is 4.24. The Balaban J connectivity index is 2.10. The van der Waals surface area contributed by atoms with Crippen molar-refractivity contribution in [3.63, 3.8) is 0 Å². The predicted octanol–water partition coefficient (Wildman–Crippen LogP) is 1.34. The smallest absolute Gasteiger partial charge is 0.123 e. The molecule has 1 aromatic rings. The summed E-state index contributed by atoms with van der Waals surface area (Å²) in [7, 11) is 5.51. The van der Waals surface area contributed by atoms with Crippen molar-refractivity contribution in [2.75, 3.05) is 47.4 Å². The van der Waals surface area contributed by atoms with Crippen molar-refractivity contribution < 1.29 is 9.47 Å². The van der Waals surface area contributed by atoms with Gasteiger partial charge in [0.25, 0.3) is 0 Å². The number of nitrogens with two attached hydrogens (primary N) is 1. The molecule has 1 aromatic carbocycles. The third kappa shape index (κ3) is 3.87. The van der Waals surface area contributed by atoms with Crippen LogP contribution in [0.1, 0.15) is 18.5 Å². The molecule has 5 nitrogen and oxygen atoms in total. The molecule has 2 N–H and O–H groups in total. The van der Waals surface area contributed by atoms with Gasteiger partial charge in [0, 0.05) is 43.8 Å². The van der Waals surface area contributed by atoms with Gasteiger partial charge in [0.15, 0.2) is 0 Å². The summed E-state index contributed by atoms with van der Waals surface area (Å²) < 4.78 is 10.7. The number of rotatable bonds is 5. The van der Waals surface area contributed by atoms with Crippen LogP contribution >= 0.6 is 0 Å². The molecule has 0 radical (unpaired) electrons. The Labute approximate surface area is 127 Å². The molecule has 1 fully saturated rings. The minimum Gasteiger partial charge on any atom is -0.497 e. The van der Waals surface area contributed by atoms with Crippen molar-refractivity contribution in [1.29, 1.82) is 0 Å². The Kier molecular flexibility index (Phi) is 5.45. The van der Waals surface area contributed by atoms with Gasteiger partial charge in [-0.05, 0) is 32.2 Å². The molecule has 0 aromatic heterocycles. The van der Waals surface area contributed by atoms with Crippen molar-refractivity contribution in [3.05, 3.63) is 23.8 Å². The molecule has 118 valence electrons. The first-order valence-corrected chi connectivity index (χ1v) is 7.45. The van der Waals surface area contributed by atoms with E-state index < -0.39 is 0 Å². The van der Waals surface area contributed by atoms with Crippen molar-refractivity contribution in [2.45, 2.75) is 19.0 Å². The average molecular weight is 293 g/mol. The summed E-state index contributed by atoms with van der Waals surface area (Å²) in [6.45, 7) is 6.32. The third-order valence-electron chi connectivity index (χ3n) is 4.24. The molecule has 0 saturated carbocycles. The van der Waals surface area contributed by atoms with E-state index in [-0.39, 0.29) is 6.04 Å². The number of nitrogens with zero attached hydrogens (tertiary/aromatic N) is 2. The van der Waals surface area contributed by atoms with Gasteiger partial charge in [0.05, 0.1) is 14.2 Å². The van der Waals surface area contributed by atoms with Crippen LogP contribution in [-0.2, 0) is 0 Å². The van der Waals surface area contributed by atoms with Crippen LogP contribution in [0, 0.1) is 0 Å². The molecular weight excluding hydrogens is 266 g/mol. The number of piperazine rings is 1. The lowest BCUT2D eigenvalue weighted by molar-refractivity contribution is 0.0942. The van der Waals surface area contributed by atoms with Gasteiger partial charge in [0.1, 0.15) is 11.5 Å². The SMILES string of the molecule is COc1ccc(OC)c(C(N)CN2CCN(C)CC2C)c1. The molecule has 1 aliphatic heterocycles. The molecule has 1 saturated heterocycles. The number of hydrogen-bond donors (Lipinski definition) is 1. The highest BCUT2D eigenvalue weighted by Crippen LogP contribution is 2.29. The highest BCUT2D eigenvalue weighted by atomic mass is 16.5. The molecule has 1 heterocycles. The minimum atomic E-state index is -0.0825. The van der Waals surface area contributed by atoms with Crippen molar-refractivity contribution in [2.24, 2.45) is 5.73 Å². The maximum Gasteiger partial charge on any atom is 0.123 e. The molecule has 5 heteroatoms. The zero-order valence-electron chi connectivity index (χ0n) is 13.5. The number of hydrogen-bond acceptors (Lipinski definition) is 5. The maximum atomic E-state index is 6.43. The van der Waals surface area contributed by atoms with E-state index in [1.165, 1.54) is 0 Å². The zero-order chi connectivity index (χ0) is 15.4. The lowest BCUT2D eigenvalue weighted by Gasteiger charge is -2.39. The summed E-state index contributed by atoms with van der Waals surface area (Å²) in [5.74, 6) is 1.64. The summed E-state index contributed by atoms with van der Waals surface area (Å²) >= 11 is 0. The number of methoxy groups -OCH3 is 2. The second kappa shape index (κ2) is 7.11. The monoisotopic (exact) mass is 293 g/mol. The number of benzene rings is 1. The van der Waals surface area contributed by atoms with E-state index in [1.807, 2.05) is 18.2 Å². The zero-order valence-corrected chi connectivity index (χ0v) is 13.5. The van der Waals surface area contributed by atoms with Gasteiger partial charge in [-0.3, -0.25) is 4.90 Å². The van der Waals surface area contributed by atoms with Crippen LogP contribution in [0.25, 0.3) is 0 Å². The molecule has 0 aliphatic carbocycles. The minimum absolute atomic E-state index is 0.0825. The van der Waals surface area contributed by atoms with Gasteiger partial charge in [0.2, 0.25) is 0 Å². The quantitative estimate of drug-likeness (QED) is 0.888. The Hall–Kier alpha value is -1.30. The summed E-state index contributed by atoms with van der Waals surface area (Å²) in [5, 5.41) is 0. The van der Waals surface area contributed by atoms with Gasteiger partial charge < -0.3 is 20.1 Å². The van der Waals surface area contributed by atoms with Crippen LogP contribution in [0.4, 0.5) is 0 Å². The van der Waals surface area contributed by atoms with Crippen LogP contribution in [0.2, 0.25) is 0 Å². The van der Waals surface area contributed by atoms with Crippen LogP contribution in [-0.4, -0.2) is 63.3 Å². The van der Waals surface area contributed by atoms with Gasteiger partial charge >= 0.3 is 0 Å². The number of likely N-dealkylation sites (N-methyl/N-ethyl adjacent to an activating group) is 1. The lowest BCUT2D eigenvalue weighted by Crippen LogP contribution is -2.52. The van der Waals surface area contributed by atoms with Gasteiger partial charge in [-0.1, -0.05) is 0 Å². The van der Waals surface area contributed by atoms with E-state index in [1.54, 1.807) is 14.2 Å². The highest BCUT2D eigenvalue weighted by Gasteiger charge is 2.24. The molecule has 1 aliphatic rings. The van der Waals surface area contributed by atoms with Crippen molar-refractivity contribution >= 4 is 0 Å². The van der Waals surface area contributed by atoms with E-state index in [2.05, 4.69) is 23.8 Å². The summed E-state index contributed by atoms with van der Waals surface area (Å²) in [6.07, 6.45) is 0. The highest BCUT2D eigenvalue weighted by molar-refractivity contribution is 5.42. The largest absolute Gasteiger partial charge is 0.497 e. The second-order valence-corrected chi connectivity index (χ2v) is 5.82. The first-order valence-electron chi connectivity index (χ1n) is 7.45. The predicted molar refractivity (Wildman–Crippen MR) is 85.0 cm³/mol. The van der Waals surface area contributed by atoms with E-state index in [9.17, 15) is 0 Å². The molecule has 2 unspecified atom stereocenters. The number of ether oxygens (including phenoxy) is 2. The fourth-order valence-corrected chi connectivity index (χ4v) is 2.93. The van der Waals surface area contributed by atoms with Crippen LogP contribution in [0.3, 0.4) is 0 Å². The fourth-order valence-electron chi connectivity index (χ4n) is 2.93. The molecule has 0 amide bonds. The molecular formula is C16H27N3O2. The summed E-state index contributed by atoms with van der Waals surface area (Å²) in [6, 6.07) is 6.23. The summed E-state index contributed by atoms with van der Waals surface area (Å²) in [4.78, 5) is 4.81. The Morgan fingerprint density at radius 1 is 1.29 bits per heavy atom.